The smallest absolute Gasteiger partial charge is 0.236 e. The van der Waals surface area contributed by atoms with Gasteiger partial charge in [0.1, 0.15) is 5.76 Å². The maximum atomic E-state index is 12.5. The van der Waals surface area contributed by atoms with Crippen LogP contribution in [0.4, 0.5) is 0 Å². The minimum absolute atomic E-state index is 0.131. The van der Waals surface area contributed by atoms with Crippen LogP contribution in [0.3, 0.4) is 0 Å². The second-order valence-electron chi connectivity index (χ2n) is 6.70. The Morgan fingerprint density at radius 3 is 2.96 bits per heavy atom. The van der Waals surface area contributed by atoms with Crippen LogP contribution in [0, 0.1) is 13.8 Å². The molecule has 0 bridgehead atoms. The fourth-order valence-corrected chi connectivity index (χ4v) is 3.39. The summed E-state index contributed by atoms with van der Waals surface area (Å²) in [6.07, 6.45) is 3.89. The summed E-state index contributed by atoms with van der Waals surface area (Å²) in [4.78, 5) is 16.5. The van der Waals surface area contributed by atoms with Gasteiger partial charge in [-0.15, -0.1) is 0 Å². The number of carbonyl (C=O) groups is 1. The van der Waals surface area contributed by atoms with E-state index in [9.17, 15) is 4.79 Å². The Balaban J connectivity index is 1.57. The molecular formula is C18H26N4O2. The molecule has 2 aromatic rings. The van der Waals surface area contributed by atoms with Gasteiger partial charge in [-0.05, 0) is 51.4 Å². The van der Waals surface area contributed by atoms with Gasteiger partial charge in [0.2, 0.25) is 5.91 Å². The Morgan fingerprint density at radius 2 is 2.29 bits per heavy atom. The Morgan fingerprint density at radius 1 is 1.46 bits per heavy atom. The molecule has 130 valence electrons. The van der Waals surface area contributed by atoms with Crippen LogP contribution in [0.2, 0.25) is 0 Å². The highest BCUT2D eigenvalue weighted by atomic mass is 16.3. The predicted octanol–water partition coefficient (Wildman–Crippen LogP) is 2.22. The van der Waals surface area contributed by atoms with Crippen LogP contribution in [0.1, 0.15) is 30.0 Å². The number of nitrogens with zero attached hydrogens (tertiary/aromatic N) is 4. The standard InChI is InChI=1S/C18H26N4O2/c1-14-10-15(2)22(19-14)11-16-6-4-8-21(16)13-18(23)20(3)12-17-7-5-9-24-17/h5,7,9-10,16H,4,6,8,11-13H2,1-3H3/t16-/m0/s1. The maximum absolute atomic E-state index is 12.5. The molecule has 0 aromatic carbocycles. The number of amides is 1. The first kappa shape index (κ1) is 16.8. The Labute approximate surface area is 143 Å². The summed E-state index contributed by atoms with van der Waals surface area (Å²) < 4.78 is 7.39. The molecule has 3 heterocycles. The van der Waals surface area contributed by atoms with Gasteiger partial charge in [-0.3, -0.25) is 14.4 Å². The third-order valence-corrected chi connectivity index (χ3v) is 4.72. The number of furan rings is 1. The van der Waals surface area contributed by atoms with Crippen molar-refractivity contribution in [2.45, 2.75) is 45.8 Å². The topological polar surface area (TPSA) is 54.5 Å². The molecule has 1 amide bonds. The number of aryl methyl sites for hydroxylation is 2. The Hall–Kier alpha value is -2.08. The molecule has 6 nitrogen and oxygen atoms in total. The number of carbonyl (C=O) groups excluding carboxylic acids is 1. The van der Waals surface area contributed by atoms with Crippen molar-refractivity contribution in [3.05, 3.63) is 41.6 Å². The Kier molecular flexibility index (Phi) is 5.04. The van der Waals surface area contributed by atoms with Crippen molar-refractivity contribution in [1.82, 2.24) is 19.6 Å². The highest BCUT2D eigenvalue weighted by Gasteiger charge is 2.28. The molecule has 0 unspecified atom stereocenters. The normalized spacial score (nSPS) is 18.2. The number of aromatic nitrogens is 2. The second kappa shape index (κ2) is 7.21. The molecule has 6 heteroatoms. The molecule has 24 heavy (non-hydrogen) atoms. The van der Waals surface area contributed by atoms with Gasteiger partial charge in [-0.25, -0.2) is 0 Å². The SMILES string of the molecule is Cc1cc(C)n(C[C@@H]2CCCN2CC(=O)N(C)Cc2ccco2)n1. The molecule has 0 aliphatic carbocycles. The predicted molar refractivity (Wildman–Crippen MR) is 91.5 cm³/mol. The lowest BCUT2D eigenvalue weighted by molar-refractivity contribution is -0.132. The highest BCUT2D eigenvalue weighted by molar-refractivity contribution is 5.78. The van der Waals surface area contributed by atoms with Crippen LogP contribution in [0.5, 0.6) is 0 Å². The van der Waals surface area contributed by atoms with Crippen LogP contribution in [-0.2, 0) is 17.9 Å². The average molecular weight is 330 g/mol. The largest absolute Gasteiger partial charge is 0.467 e. The number of rotatable bonds is 6. The highest BCUT2D eigenvalue weighted by Crippen LogP contribution is 2.20. The second-order valence-corrected chi connectivity index (χ2v) is 6.70. The summed E-state index contributed by atoms with van der Waals surface area (Å²) >= 11 is 0. The Bertz CT molecular complexity index is 677. The van der Waals surface area contributed by atoms with Gasteiger partial charge < -0.3 is 9.32 Å². The van der Waals surface area contributed by atoms with Crippen molar-refractivity contribution < 1.29 is 9.21 Å². The number of hydrogen-bond acceptors (Lipinski definition) is 4. The van der Waals surface area contributed by atoms with Crippen molar-refractivity contribution in [2.75, 3.05) is 20.1 Å². The fourth-order valence-electron chi connectivity index (χ4n) is 3.39. The molecular weight excluding hydrogens is 304 g/mol. The third kappa shape index (κ3) is 3.87. The fraction of sp³-hybridized carbons (Fsp3) is 0.556. The van der Waals surface area contributed by atoms with E-state index >= 15 is 0 Å². The molecule has 0 saturated carbocycles. The van der Waals surface area contributed by atoms with E-state index in [1.54, 1.807) is 11.2 Å². The zero-order valence-corrected chi connectivity index (χ0v) is 14.7. The van der Waals surface area contributed by atoms with Crippen LogP contribution in [0.25, 0.3) is 0 Å². The van der Waals surface area contributed by atoms with Crippen LogP contribution in [-0.4, -0.2) is 51.7 Å². The average Bonchev–Trinajstić information content (AvgIpc) is 3.24. The summed E-state index contributed by atoms with van der Waals surface area (Å²) in [5, 5.41) is 4.55. The molecule has 2 aromatic heterocycles. The minimum atomic E-state index is 0.131. The molecule has 1 aliphatic rings. The molecule has 1 atom stereocenters. The van der Waals surface area contributed by atoms with E-state index in [4.69, 9.17) is 4.42 Å². The van der Waals surface area contributed by atoms with Crippen molar-refractivity contribution >= 4 is 5.91 Å². The number of likely N-dealkylation sites (N-methyl/N-ethyl adjacent to an activating group) is 1. The summed E-state index contributed by atoms with van der Waals surface area (Å²) in [5.41, 5.74) is 2.23. The van der Waals surface area contributed by atoms with Crippen molar-refractivity contribution in [3.63, 3.8) is 0 Å². The first-order chi connectivity index (χ1) is 11.5. The lowest BCUT2D eigenvalue weighted by Crippen LogP contribution is -2.42. The van der Waals surface area contributed by atoms with E-state index < -0.39 is 0 Å². The van der Waals surface area contributed by atoms with Crippen molar-refractivity contribution in [2.24, 2.45) is 0 Å². The molecule has 0 spiro atoms. The van der Waals surface area contributed by atoms with Gasteiger partial charge in [-0.1, -0.05) is 0 Å². The monoisotopic (exact) mass is 330 g/mol. The van der Waals surface area contributed by atoms with E-state index in [2.05, 4.69) is 27.7 Å². The van der Waals surface area contributed by atoms with Crippen molar-refractivity contribution in [1.29, 1.82) is 0 Å². The van der Waals surface area contributed by atoms with Gasteiger partial charge in [0.15, 0.2) is 0 Å². The summed E-state index contributed by atoms with van der Waals surface area (Å²) in [6.45, 7) is 6.91. The third-order valence-electron chi connectivity index (χ3n) is 4.72. The molecule has 1 fully saturated rings. The zero-order valence-electron chi connectivity index (χ0n) is 14.7. The van der Waals surface area contributed by atoms with E-state index in [1.165, 1.54) is 5.69 Å². The summed E-state index contributed by atoms with van der Waals surface area (Å²) in [6, 6.07) is 6.22. The minimum Gasteiger partial charge on any atom is -0.467 e. The summed E-state index contributed by atoms with van der Waals surface area (Å²) in [5.74, 6) is 0.943. The molecule has 3 rings (SSSR count). The molecule has 0 radical (unpaired) electrons. The van der Waals surface area contributed by atoms with Crippen LogP contribution in [0.15, 0.2) is 28.9 Å². The van der Waals surface area contributed by atoms with E-state index in [0.717, 1.165) is 37.4 Å². The van der Waals surface area contributed by atoms with E-state index in [-0.39, 0.29) is 5.91 Å². The lowest BCUT2D eigenvalue weighted by atomic mass is 10.2. The van der Waals surface area contributed by atoms with Gasteiger partial charge >= 0.3 is 0 Å². The zero-order chi connectivity index (χ0) is 17.1. The first-order valence-corrected chi connectivity index (χ1v) is 8.54. The van der Waals surface area contributed by atoms with E-state index in [1.807, 2.05) is 26.1 Å². The van der Waals surface area contributed by atoms with Gasteiger partial charge in [0.25, 0.3) is 0 Å². The number of hydrogen-bond donors (Lipinski definition) is 0. The molecule has 1 saturated heterocycles. The van der Waals surface area contributed by atoms with E-state index in [0.29, 0.717) is 19.1 Å². The van der Waals surface area contributed by atoms with Gasteiger partial charge in [0, 0.05) is 18.8 Å². The molecule has 1 aliphatic heterocycles. The number of likely N-dealkylation sites (tertiary alicyclic amines) is 1. The van der Waals surface area contributed by atoms with Gasteiger partial charge in [0.05, 0.1) is 31.6 Å². The lowest BCUT2D eigenvalue weighted by Gasteiger charge is -2.26. The van der Waals surface area contributed by atoms with Crippen molar-refractivity contribution in [3.8, 4) is 0 Å². The maximum Gasteiger partial charge on any atom is 0.236 e. The van der Waals surface area contributed by atoms with Crippen LogP contribution < -0.4 is 0 Å². The summed E-state index contributed by atoms with van der Waals surface area (Å²) in [7, 11) is 1.83. The first-order valence-electron chi connectivity index (χ1n) is 8.54. The van der Waals surface area contributed by atoms with Crippen LogP contribution >= 0.6 is 0 Å². The molecule has 0 N–H and O–H groups in total. The quantitative estimate of drug-likeness (QED) is 0.815. The van der Waals surface area contributed by atoms with Gasteiger partial charge in [-0.2, -0.15) is 5.10 Å².